The molecule has 0 saturated heterocycles. The zero-order chi connectivity index (χ0) is 24.9. The van der Waals surface area contributed by atoms with Crippen LogP contribution in [0.4, 0.5) is 5.82 Å². The maximum Gasteiger partial charge on any atom is 0.224 e. The highest BCUT2D eigenvalue weighted by Gasteiger charge is 2.13. The van der Waals surface area contributed by atoms with Crippen molar-refractivity contribution < 1.29 is 4.79 Å². The molecule has 0 radical (unpaired) electrons. The molecule has 6 nitrogen and oxygen atoms in total. The number of nitrogens with one attached hydrogen (secondary N) is 2. The van der Waals surface area contributed by atoms with E-state index in [4.69, 9.17) is 16.6 Å². The molecule has 180 valence electrons. The van der Waals surface area contributed by atoms with E-state index in [0.717, 1.165) is 38.2 Å². The number of rotatable bonds is 8. The number of amides is 1. The predicted molar refractivity (Wildman–Crippen MR) is 147 cm³/mol. The maximum absolute atomic E-state index is 12.3. The van der Waals surface area contributed by atoms with Crippen LogP contribution in [0.2, 0.25) is 5.02 Å². The van der Waals surface area contributed by atoms with Crippen molar-refractivity contribution in [2.45, 2.75) is 19.5 Å². The Kier molecular flexibility index (Phi) is 7.30. The lowest BCUT2D eigenvalue weighted by molar-refractivity contribution is -0.120. The average molecular weight is 561 g/mol. The average Bonchev–Trinajstić information content (AvgIpc) is 3.28. The number of fused-ring (bicyclic) bond motifs is 1. The van der Waals surface area contributed by atoms with Crippen molar-refractivity contribution in [3.8, 4) is 11.3 Å². The van der Waals surface area contributed by atoms with Gasteiger partial charge < -0.3 is 10.6 Å². The van der Waals surface area contributed by atoms with Gasteiger partial charge in [-0.1, -0.05) is 84.4 Å². The molecule has 0 aliphatic rings. The number of aromatic nitrogens is 3. The molecule has 2 heterocycles. The summed E-state index contributed by atoms with van der Waals surface area (Å²) in [6, 6.07) is 27.5. The molecule has 0 unspecified atom stereocenters. The number of hydrogen-bond donors (Lipinski definition) is 2. The molecular formula is C28H23BrClN5O. The van der Waals surface area contributed by atoms with Gasteiger partial charge in [-0.05, 0) is 38.7 Å². The molecule has 5 rings (SSSR count). The minimum atomic E-state index is 0.000247. The highest BCUT2D eigenvalue weighted by atomic mass is 79.9. The van der Waals surface area contributed by atoms with Crippen molar-refractivity contribution in [2.75, 3.05) is 5.32 Å². The number of carbonyl (C=O) groups is 1. The summed E-state index contributed by atoms with van der Waals surface area (Å²) in [6.45, 7) is 1.05. The molecule has 0 aliphatic carbocycles. The van der Waals surface area contributed by atoms with Crippen molar-refractivity contribution >= 4 is 44.9 Å². The first-order valence-corrected chi connectivity index (χ1v) is 12.7. The van der Waals surface area contributed by atoms with E-state index in [2.05, 4.69) is 43.8 Å². The van der Waals surface area contributed by atoms with E-state index in [-0.39, 0.29) is 5.91 Å². The quantitative estimate of drug-likeness (QED) is 0.234. The largest absolute Gasteiger partial charge is 0.366 e. The first-order chi connectivity index (χ1) is 17.6. The molecule has 5 aromatic rings. The SMILES string of the molecule is O=C(Cc1ccccc1)NCc1cccc(CNc2cc(-c3ccccc3Cl)nc3c(Br)cnn23)c1. The third kappa shape index (κ3) is 5.58. The Morgan fingerprint density at radius 1 is 0.889 bits per heavy atom. The van der Waals surface area contributed by atoms with Gasteiger partial charge in [-0.25, -0.2) is 4.98 Å². The normalized spacial score (nSPS) is 10.9. The third-order valence-corrected chi connectivity index (χ3v) is 6.63. The van der Waals surface area contributed by atoms with Gasteiger partial charge in [-0.2, -0.15) is 9.61 Å². The summed E-state index contributed by atoms with van der Waals surface area (Å²) in [5.74, 6) is 0.794. The van der Waals surface area contributed by atoms with Gasteiger partial charge in [0.15, 0.2) is 5.65 Å². The summed E-state index contributed by atoms with van der Waals surface area (Å²) < 4.78 is 2.56. The first kappa shape index (κ1) is 24.0. The first-order valence-electron chi connectivity index (χ1n) is 11.5. The number of halogens is 2. The van der Waals surface area contributed by atoms with Crippen LogP contribution in [0.15, 0.2) is 95.6 Å². The lowest BCUT2D eigenvalue weighted by Gasteiger charge is -2.12. The fourth-order valence-electron chi connectivity index (χ4n) is 3.96. The molecule has 0 fully saturated rings. The second-order valence-electron chi connectivity index (χ2n) is 8.35. The van der Waals surface area contributed by atoms with Gasteiger partial charge >= 0.3 is 0 Å². The molecule has 2 N–H and O–H groups in total. The van der Waals surface area contributed by atoms with Gasteiger partial charge in [0.2, 0.25) is 5.91 Å². The van der Waals surface area contributed by atoms with Crippen LogP contribution in [0, 0.1) is 0 Å². The zero-order valence-electron chi connectivity index (χ0n) is 19.3. The van der Waals surface area contributed by atoms with E-state index < -0.39 is 0 Å². The second-order valence-corrected chi connectivity index (χ2v) is 9.61. The Morgan fingerprint density at radius 3 is 2.42 bits per heavy atom. The Morgan fingerprint density at radius 2 is 1.61 bits per heavy atom. The van der Waals surface area contributed by atoms with Crippen molar-refractivity contribution in [2.24, 2.45) is 0 Å². The Hall–Kier alpha value is -3.68. The summed E-state index contributed by atoms with van der Waals surface area (Å²) in [4.78, 5) is 17.1. The Balaban J connectivity index is 1.30. The Labute approximate surface area is 222 Å². The smallest absolute Gasteiger partial charge is 0.224 e. The summed E-state index contributed by atoms with van der Waals surface area (Å²) in [7, 11) is 0. The number of benzene rings is 3. The van der Waals surface area contributed by atoms with Crippen LogP contribution in [0.5, 0.6) is 0 Å². The third-order valence-electron chi connectivity index (χ3n) is 5.74. The molecule has 0 spiro atoms. The van der Waals surface area contributed by atoms with Crippen LogP contribution in [0.3, 0.4) is 0 Å². The summed E-state index contributed by atoms with van der Waals surface area (Å²) in [5.41, 5.74) is 5.43. The maximum atomic E-state index is 12.3. The van der Waals surface area contributed by atoms with Crippen molar-refractivity contribution in [1.29, 1.82) is 0 Å². The molecule has 36 heavy (non-hydrogen) atoms. The standard InChI is InChI=1S/C28H23BrClN5O/c29-23-18-33-35-26(15-25(34-28(23)35)22-11-4-5-12-24(22)30)31-16-20-9-6-10-21(13-20)17-32-27(36)14-19-7-2-1-3-8-19/h1-13,15,18,31H,14,16-17H2,(H,32,36). The molecule has 0 bridgehead atoms. The van der Waals surface area contributed by atoms with Crippen LogP contribution in [0.25, 0.3) is 16.9 Å². The van der Waals surface area contributed by atoms with E-state index in [1.807, 2.05) is 72.8 Å². The van der Waals surface area contributed by atoms with Gasteiger partial charge in [0.05, 0.1) is 22.8 Å². The molecule has 8 heteroatoms. The summed E-state index contributed by atoms with van der Waals surface area (Å²) >= 11 is 9.98. The fraction of sp³-hybridized carbons (Fsp3) is 0.107. The van der Waals surface area contributed by atoms with Gasteiger partial charge in [-0.15, -0.1) is 0 Å². The van der Waals surface area contributed by atoms with Crippen LogP contribution in [0.1, 0.15) is 16.7 Å². The van der Waals surface area contributed by atoms with Crippen molar-refractivity contribution in [3.05, 3.63) is 117 Å². The van der Waals surface area contributed by atoms with E-state index >= 15 is 0 Å². The lowest BCUT2D eigenvalue weighted by Crippen LogP contribution is -2.24. The Bertz CT molecular complexity index is 1520. The molecule has 2 aromatic heterocycles. The van der Waals surface area contributed by atoms with E-state index in [1.165, 1.54) is 0 Å². The summed E-state index contributed by atoms with van der Waals surface area (Å²) in [6.07, 6.45) is 2.09. The second kappa shape index (κ2) is 10.9. The molecule has 0 aliphatic heterocycles. The van der Waals surface area contributed by atoms with E-state index in [0.29, 0.717) is 30.2 Å². The fourth-order valence-corrected chi connectivity index (χ4v) is 4.54. The van der Waals surface area contributed by atoms with E-state index in [9.17, 15) is 4.79 Å². The molecule has 0 saturated carbocycles. The number of carbonyl (C=O) groups excluding carboxylic acids is 1. The lowest BCUT2D eigenvalue weighted by atomic mass is 10.1. The number of hydrogen-bond acceptors (Lipinski definition) is 4. The molecule has 1 amide bonds. The zero-order valence-corrected chi connectivity index (χ0v) is 21.6. The van der Waals surface area contributed by atoms with Crippen LogP contribution < -0.4 is 10.6 Å². The highest BCUT2D eigenvalue weighted by molar-refractivity contribution is 9.10. The van der Waals surface area contributed by atoms with Crippen LogP contribution in [-0.4, -0.2) is 20.5 Å². The van der Waals surface area contributed by atoms with E-state index in [1.54, 1.807) is 10.7 Å². The molecular weight excluding hydrogens is 538 g/mol. The van der Waals surface area contributed by atoms with Crippen LogP contribution >= 0.6 is 27.5 Å². The van der Waals surface area contributed by atoms with Gasteiger partial charge in [0.1, 0.15) is 5.82 Å². The minimum Gasteiger partial charge on any atom is -0.366 e. The molecule has 3 aromatic carbocycles. The molecule has 0 atom stereocenters. The minimum absolute atomic E-state index is 0.000247. The number of anilines is 1. The monoisotopic (exact) mass is 559 g/mol. The highest BCUT2D eigenvalue weighted by Crippen LogP contribution is 2.30. The van der Waals surface area contributed by atoms with Crippen LogP contribution in [-0.2, 0) is 24.3 Å². The van der Waals surface area contributed by atoms with Crippen molar-refractivity contribution in [1.82, 2.24) is 19.9 Å². The van der Waals surface area contributed by atoms with Gasteiger partial charge in [0, 0.05) is 29.7 Å². The van der Waals surface area contributed by atoms with Crippen molar-refractivity contribution in [3.63, 3.8) is 0 Å². The van der Waals surface area contributed by atoms with Gasteiger partial charge in [0.25, 0.3) is 0 Å². The predicted octanol–water partition coefficient (Wildman–Crippen LogP) is 6.28. The van der Waals surface area contributed by atoms with Gasteiger partial charge in [-0.3, -0.25) is 4.79 Å². The number of nitrogens with zero attached hydrogens (tertiary/aromatic N) is 3. The topological polar surface area (TPSA) is 71.3 Å². The summed E-state index contributed by atoms with van der Waals surface area (Å²) in [5, 5.41) is 11.6.